The predicted molar refractivity (Wildman–Crippen MR) is 102 cm³/mol. The van der Waals surface area contributed by atoms with Gasteiger partial charge in [0.1, 0.15) is 6.61 Å². The summed E-state index contributed by atoms with van der Waals surface area (Å²) in [7, 11) is 1.53. The number of hydrogen-bond donors (Lipinski definition) is 1. The summed E-state index contributed by atoms with van der Waals surface area (Å²) in [5, 5.41) is 3.61. The molecule has 0 aromatic heterocycles. The predicted octanol–water partition coefficient (Wildman–Crippen LogP) is 3.23. The average molecular weight is 362 g/mol. The second-order valence-corrected chi connectivity index (χ2v) is 7.98. The summed E-state index contributed by atoms with van der Waals surface area (Å²) in [5.74, 6) is 0.486. The summed E-state index contributed by atoms with van der Waals surface area (Å²) in [4.78, 5) is 26.2. The molecular formula is C19H26N2O3S. The van der Waals surface area contributed by atoms with E-state index in [0.717, 1.165) is 29.8 Å². The Balaban J connectivity index is 1.63. The van der Waals surface area contributed by atoms with E-state index in [0.29, 0.717) is 17.5 Å². The van der Waals surface area contributed by atoms with Gasteiger partial charge in [-0.15, -0.1) is 11.8 Å². The number of fused-ring (bicyclic) bond motifs is 1. The Morgan fingerprint density at radius 3 is 2.84 bits per heavy atom. The molecule has 0 radical (unpaired) electrons. The van der Waals surface area contributed by atoms with Gasteiger partial charge in [-0.25, -0.2) is 0 Å². The quantitative estimate of drug-likeness (QED) is 0.844. The lowest BCUT2D eigenvalue weighted by Crippen LogP contribution is -2.37. The van der Waals surface area contributed by atoms with Crippen LogP contribution in [-0.2, 0) is 20.7 Å². The number of hydrogen-bond acceptors (Lipinski definition) is 4. The van der Waals surface area contributed by atoms with Gasteiger partial charge in [-0.2, -0.15) is 0 Å². The van der Waals surface area contributed by atoms with Gasteiger partial charge in [0.15, 0.2) is 0 Å². The van der Waals surface area contributed by atoms with Crippen molar-refractivity contribution in [3.05, 3.63) is 23.8 Å². The minimum absolute atomic E-state index is 0.0300. The van der Waals surface area contributed by atoms with Crippen LogP contribution >= 0.6 is 11.8 Å². The van der Waals surface area contributed by atoms with Crippen LogP contribution in [0.5, 0.6) is 0 Å². The van der Waals surface area contributed by atoms with Crippen LogP contribution in [0.25, 0.3) is 0 Å². The van der Waals surface area contributed by atoms with E-state index in [1.807, 2.05) is 18.2 Å². The van der Waals surface area contributed by atoms with Crippen molar-refractivity contribution in [2.75, 3.05) is 36.2 Å². The smallest absolute Gasteiger partial charge is 0.252 e. The zero-order valence-corrected chi connectivity index (χ0v) is 15.6. The van der Waals surface area contributed by atoms with E-state index in [2.05, 4.69) is 5.32 Å². The normalized spacial score (nSPS) is 17.4. The molecule has 0 spiro atoms. The number of amides is 2. The minimum Gasteiger partial charge on any atom is -0.375 e. The van der Waals surface area contributed by atoms with E-state index >= 15 is 0 Å². The molecule has 25 heavy (non-hydrogen) atoms. The van der Waals surface area contributed by atoms with Gasteiger partial charge in [-0.1, -0.05) is 18.9 Å². The van der Waals surface area contributed by atoms with Crippen LogP contribution in [-0.4, -0.2) is 43.1 Å². The standard InChI is InChI=1S/C19H26N2O3S/c1-24-12-19(23)21-10-4-5-14-8-9-15(11-17(14)21)20-18(22)13-25-16-6-2-3-7-16/h8-9,11,16H,2-7,10,12-13H2,1H3,(H,20,22). The maximum atomic E-state index is 12.3. The van der Waals surface area contributed by atoms with Gasteiger partial charge in [0.2, 0.25) is 5.91 Å². The van der Waals surface area contributed by atoms with Crippen molar-refractivity contribution in [1.29, 1.82) is 0 Å². The maximum Gasteiger partial charge on any atom is 0.252 e. The molecule has 2 aliphatic rings. The third-order valence-corrected chi connectivity index (χ3v) is 6.18. The summed E-state index contributed by atoms with van der Waals surface area (Å²) in [6, 6.07) is 5.86. The summed E-state index contributed by atoms with van der Waals surface area (Å²) >= 11 is 1.76. The highest BCUT2D eigenvalue weighted by Crippen LogP contribution is 2.31. The van der Waals surface area contributed by atoms with Crippen molar-refractivity contribution in [3.8, 4) is 0 Å². The van der Waals surface area contributed by atoms with Crippen LogP contribution in [0.3, 0.4) is 0 Å². The van der Waals surface area contributed by atoms with Crippen molar-refractivity contribution in [2.24, 2.45) is 0 Å². The largest absolute Gasteiger partial charge is 0.375 e. The van der Waals surface area contributed by atoms with Gasteiger partial charge in [-0.05, 0) is 43.4 Å². The molecule has 0 bridgehead atoms. The molecule has 1 heterocycles. The molecular weight excluding hydrogens is 336 g/mol. The van der Waals surface area contributed by atoms with E-state index in [4.69, 9.17) is 4.74 Å². The highest BCUT2D eigenvalue weighted by atomic mass is 32.2. The number of anilines is 2. The number of aryl methyl sites for hydroxylation is 1. The van der Waals surface area contributed by atoms with Crippen LogP contribution in [0.4, 0.5) is 11.4 Å². The van der Waals surface area contributed by atoms with Crippen LogP contribution in [0.2, 0.25) is 0 Å². The molecule has 136 valence electrons. The Bertz CT molecular complexity index is 629. The van der Waals surface area contributed by atoms with E-state index in [1.165, 1.54) is 32.8 Å². The summed E-state index contributed by atoms with van der Waals surface area (Å²) in [5.41, 5.74) is 2.80. The van der Waals surface area contributed by atoms with Gasteiger partial charge in [-0.3, -0.25) is 9.59 Å². The molecule has 0 atom stereocenters. The third-order valence-electron chi connectivity index (χ3n) is 4.81. The summed E-state index contributed by atoms with van der Waals surface area (Å²) < 4.78 is 4.98. The third kappa shape index (κ3) is 4.76. The van der Waals surface area contributed by atoms with E-state index in [9.17, 15) is 9.59 Å². The molecule has 5 nitrogen and oxygen atoms in total. The Morgan fingerprint density at radius 1 is 1.28 bits per heavy atom. The molecule has 0 unspecified atom stereocenters. The average Bonchev–Trinajstić information content (AvgIpc) is 3.13. The van der Waals surface area contributed by atoms with Crippen molar-refractivity contribution in [3.63, 3.8) is 0 Å². The number of nitrogens with one attached hydrogen (secondary N) is 1. The Labute approximate surface area is 153 Å². The minimum atomic E-state index is -0.0382. The molecule has 6 heteroatoms. The fourth-order valence-corrected chi connectivity index (χ4v) is 4.68. The van der Waals surface area contributed by atoms with Gasteiger partial charge in [0, 0.05) is 30.3 Å². The number of thioether (sulfide) groups is 1. The fourth-order valence-electron chi connectivity index (χ4n) is 3.56. The van der Waals surface area contributed by atoms with E-state index < -0.39 is 0 Å². The van der Waals surface area contributed by atoms with Gasteiger partial charge in [0.05, 0.1) is 5.75 Å². The fraction of sp³-hybridized carbons (Fsp3) is 0.579. The molecule has 2 amide bonds. The molecule has 1 N–H and O–H groups in total. The molecule has 3 rings (SSSR count). The topological polar surface area (TPSA) is 58.6 Å². The summed E-state index contributed by atoms with van der Waals surface area (Å²) in [6.07, 6.45) is 6.94. The molecule has 0 saturated heterocycles. The lowest BCUT2D eigenvalue weighted by atomic mass is 10.0. The first-order valence-corrected chi connectivity index (χ1v) is 10.1. The highest BCUT2D eigenvalue weighted by Gasteiger charge is 2.23. The van der Waals surface area contributed by atoms with Crippen molar-refractivity contribution in [2.45, 2.75) is 43.8 Å². The Morgan fingerprint density at radius 2 is 2.08 bits per heavy atom. The lowest BCUT2D eigenvalue weighted by molar-refractivity contribution is -0.122. The molecule has 1 aromatic rings. The van der Waals surface area contributed by atoms with Gasteiger partial charge in [0.25, 0.3) is 5.91 Å². The number of nitrogens with zero attached hydrogens (tertiary/aromatic N) is 1. The number of methoxy groups -OCH3 is 1. The van der Waals surface area contributed by atoms with E-state index in [-0.39, 0.29) is 18.4 Å². The molecule has 1 aromatic carbocycles. The van der Waals surface area contributed by atoms with Gasteiger partial charge < -0.3 is 15.0 Å². The highest BCUT2D eigenvalue weighted by molar-refractivity contribution is 8.00. The number of carbonyl (C=O) groups is 2. The first-order valence-electron chi connectivity index (χ1n) is 9.01. The SMILES string of the molecule is COCC(=O)N1CCCc2ccc(NC(=O)CSC3CCCC3)cc21. The zero-order chi connectivity index (χ0) is 17.6. The molecule has 1 aliphatic heterocycles. The first kappa shape index (κ1) is 18.3. The van der Waals surface area contributed by atoms with Crippen LogP contribution in [0.15, 0.2) is 18.2 Å². The van der Waals surface area contributed by atoms with Crippen LogP contribution in [0.1, 0.15) is 37.7 Å². The Hall–Kier alpha value is -1.53. The van der Waals surface area contributed by atoms with Crippen molar-refractivity contribution >= 4 is 35.0 Å². The maximum absolute atomic E-state index is 12.3. The molecule has 1 fully saturated rings. The van der Waals surface area contributed by atoms with Crippen molar-refractivity contribution < 1.29 is 14.3 Å². The number of benzene rings is 1. The van der Waals surface area contributed by atoms with Gasteiger partial charge >= 0.3 is 0 Å². The number of ether oxygens (including phenoxy) is 1. The number of carbonyl (C=O) groups excluding carboxylic acids is 2. The number of rotatable bonds is 6. The van der Waals surface area contributed by atoms with Crippen molar-refractivity contribution in [1.82, 2.24) is 0 Å². The van der Waals surface area contributed by atoms with Crippen LogP contribution < -0.4 is 10.2 Å². The summed E-state index contributed by atoms with van der Waals surface area (Å²) in [6.45, 7) is 0.776. The van der Waals surface area contributed by atoms with Crippen LogP contribution in [0, 0.1) is 0 Å². The second kappa shape index (κ2) is 8.72. The lowest BCUT2D eigenvalue weighted by Gasteiger charge is -2.30. The second-order valence-electron chi connectivity index (χ2n) is 6.69. The zero-order valence-electron chi connectivity index (χ0n) is 14.8. The Kier molecular flexibility index (Phi) is 6.37. The molecule has 1 saturated carbocycles. The van der Waals surface area contributed by atoms with E-state index in [1.54, 1.807) is 16.7 Å². The molecule has 1 aliphatic carbocycles. The first-order chi connectivity index (χ1) is 12.2. The monoisotopic (exact) mass is 362 g/mol.